The van der Waals surface area contributed by atoms with Gasteiger partial charge in [0.25, 0.3) is 0 Å². The van der Waals surface area contributed by atoms with Crippen LogP contribution in [0.25, 0.3) is 0 Å². The van der Waals surface area contributed by atoms with E-state index in [1.807, 2.05) is 0 Å². The summed E-state index contributed by atoms with van der Waals surface area (Å²) in [7, 11) is 0. The Morgan fingerprint density at radius 2 is 1.55 bits per heavy atom. The zero-order valence-corrected chi connectivity index (χ0v) is 16.4. The number of carbonyl (C=O) groups is 4. The van der Waals surface area contributed by atoms with Gasteiger partial charge in [0.2, 0.25) is 17.7 Å². The number of phenolic OH excluding ortho intramolecular Hbond substituents is 1. The van der Waals surface area contributed by atoms with Gasteiger partial charge in [-0.15, -0.1) is 0 Å². The van der Waals surface area contributed by atoms with Crippen LogP contribution < -0.4 is 22.1 Å². The lowest BCUT2D eigenvalue weighted by molar-refractivity contribution is -0.142. The van der Waals surface area contributed by atoms with Crippen LogP contribution in [0, 0.1) is 5.92 Å². The summed E-state index contributed by atoms with van der Waals surface area (Å²) in [4.78, 5) is 47.5. The molecule has 160 valence electrons. The number of carbonyl (C=O) groups excluding carboxylic acids is 3. The summed E-state index contributed by atoms with van der Waals surface area (Å²) >= 11 is 0. The van der Waals surface area contributed by atoms with Crippen molar-refractivity contribution in [2.45, 2.75) is 51.2 Å². The molecular formula is C19H28N4O6. The van der Waals surface area contributed by atoms with Crippen molar-refractivity contribution < 1.29 is 29.4 Å². The molecule has 0 saturated carbocycles. The predicted octanol–water partition coefficient (Wildman–Crippen LogP) is -0.762. The number of hydrogen-bond acceptors (Lipinski definition) is 6. The Morgan fingerprint density at radius 1 is 1.00 bits per heavy atom. The molecule has 10 heteroatoms. The molecule has 0 heterocycles. The maximum absolute atomic E-state index is 12.5. The fourth-order valence-electron chi connectivity index (χ4n) is 2.63. The van der Waals surface area contributed by atoms with E-state index in [1.54, 1.807) is 26.0 Å². The lowest BCUT2D eigenvalue weighted by Gasteiger charge is -2.23. The first-order valence-corrected chi connectivity index (χ1v) is 9.15. The molecule has 0 bridgehead atoms. The number of nitrogens with two attached hydrogens (primary N) is 2. The first-order valence-electron chi connectivity index (χ1n) is 9.15. The average Bonchev–Trinajstić information content (AvgIpc) is 2.61. The minimum absolute atomic E-state index is 0.000636. The first-order chi connectivity index (χ1) is 13.5. The molecule has 0 aliphatic carbocycles. The van der Waals surface area contributed by atoms with Gasteiger partial charge in [0.05, 0.1) is 12.5 Å². The highest BCUT2D eigenvalue weighted by Crippen LogP contribution is 2.11. The van der Waals surface area contributed by atoms with Crippen LogP contribution >= 0.6 is 0 Å². The number of benzene rings is 1. The van der Waals surface area contributed by atoms with Crippen LogP contribution in [-0.4, -0.2) is 52.0 Å². The van der Waals surface area contributed by atoms with E-state index in [0.29, 0.717) is 5.56 Å². The zero-order chi connectivity index (χ0) is 22.1. The average molecular weight is 408 g/mol. The number of aliphatic carboxylic acids is 1. The minimum Gasteiger partial charge on any atom is -0.508 e. The highest BCUT2D eigenvalue weighted by atomic mass is 16.4. The van der Waals surface area contributed by atoms with Gasteiger partial charge < -0.3 is 32.3 Å². The molecule has 1 aromatic carbocycles. The van der Waals surface area contributed by atoms with Gasteiger partial charge in [-0.3, -0.25) is 14.4 Å². The van der Waals surface area contributed by atoms with Crippen molar-refractivity contribution in [3.63, 3.8) is 0 Å². The van der Waals surface area contributed by atoms with Gasteiger partial charge in [0.15, 0.2) is 0 Å². The topological polar surface area (TPSA) is 185 Å². The second-order valence-electron chi connectivity index (χ2n) is 7.24. The Morgan fingerprint density at radius 3 is 2.03 bits per heavy atom. The normalized spacial score (nSPS) is 13.9. The van der Waals surface area contributed by atoms with Gasteiger partial charge >= 0.3 is 5.97 Å². The Labute approximate surface area is 168 Å². The molecule has 29 heavy (non-hydrogen) atoms. The molecule has 0 aliphatic heterocycles. The van der Waals surface area contributed by atoms with E-state index in [1.165, 1.54) is 12.1 Å². The number of primary amides is 1. The van der Waals surface area contributed by atoms with Crippen LogP contribution in [0.3, 0.4) is 0 Å². The molecule has 0 fully saturated rings. The Balaban J connectivity index is 2.81. The quantitative estimate of drug-likeness (QED) is 0.278. The number of carboxylic acid groups (broad SMARTS) is 1. The summed E-state index contributed by atoms with van der Waals surface area (Å²) in [6.07, 6.45) is -0.196. The van der Waals surface area contributed by atoms with Crippen molar-refractivity contribution in [3.05, 3.63) is 29.8 Å². The molecule has 0 aromatic heterocycles. The molecular weight excluding hydrogens is 380 g/mol. The molecule has 0 saturated heterocycles. The number of amides is 3. The highest BCUT2D eigenvalue weighted by Gasteiger charge is 2.29. The van der Waals surface area contributed by atoms with Gasteiger partial charge in [-0.05, 0) is 36.5 Å². The largest absolute Gasteiger partial charge is 0.508 e. The van der Waals surface area contributed by atoms with Crippen molar-refractivity contribution >= 4 is 23.7 Å². The van der Waals surface area contributed by atoms with E-state index >= 15 is 0 Å². The van der Waals surface area contributed by atoms with Crippen LogP contribution in [0.2, 0.25) is 0 Å². The van der Waals surface area contributed by atoms with Crippen LogP contribution in [0.5, 0.6) is 5.75 Å². The third-order valence-electron chi connectivity index (χ3n) is 4.09. The molecule has 10 nitrogen and oxygen atoms in total. The molecule has 0 aliphatic rings. The van der Waals surface area contributed by atoms with Crippen LogP contribution in [-0.2, 0) is 25.6 Å². The molecule has 1 rings (SSSR count). The number of aromatic hydroxyl groups is 1. The number of hydrogen-bond donors (Lipinski definition) is 6. The standard InChI is InChI=1S/C19H28N4O6/c1-10(2)7-15(19(28)29)23-18(27)14(9-16(21)25)22-17(26)13(20)8-11-3-5-12(24)6-4-11/h3-6,10,13-15,24H,7-9,20H2,1-2H3,(H2,21,25)(H,22,26)(H,23,27)(H,28,29)/t13-,14+,15-/m0/s1. The number of nitrogens with one attached hydrogen (secondary N) is 2. The van der Waals surface area contributed by atoms with Crippen LogP contribution in [0.15, 0.2) is 24.3 Å². The van der Waals surface area contributed by atoms with Gasteiger partial charge in [-0.2, -0.15) is 0 Å². The molecule has 0 radical (unpaired) electrons. The summed E-state index contributed by atoms with van der Waals surface area (Å²) in [6, 6.07) is 2.54. The van der Waals surface area contributed by atoms with Gasteiger partial charge in [-0.1, -0.05) is 26.0 Å². The molecule has 0 spiro atoms. The predicted molar refractivity (Wildman–Crippen MR) is 105 cm³/mol. The van der Waals surface area contributed by atoms with Gasteiger partial charge in [-0.25, -0.2) is 4.79 Å². The molecule has 3 amide bonds. The second kappa shape index (κ2) is 11.0. The summed E-state index contributed by atoms with van der Waals surface area (Å²) in [5.41, 5.74) is 11.7. The van der Waals surface area contributed by atoms with E-state index in [0.717, 1.165) is 0 Å². The number of rotatable bonds is 11. The van der Waals surface area contributed by atoms with Crippen molar-refractivity contribution in [2.24, 2.45) is 17.4 Å². The van der Waals surface area contributed by atoms with Crippen molar-refractivity contribution in [1.29, 1.82) is 0 Å². The fraction of sp³-hybridized carbons (Fsp3) is 0.474. The Kier molecular flexibility index (Phi) is 9.07. The van der Waals surface area contributed by atoms with E-state index < -0.39 is 48.2 Å². The minimum atomic E-state index is -1.35. The van der Waals surface area contributed by atoms with Crippen molar-refractivity contribution in [3.8, 4) is 5.75 Å². The monoisotopic (exact) mass is 408 g/mol. The van der Waals surface area contributed by atoms with Crippen LogP contribution in [0.1, 0.15) is 32.3 Å². The van der Waals surface area contributed by atoms with E-state index in [-0.39, 0.29) is 24.5 Å². The van der Waals surface area contributed by atoms with Crippen LogP contribution in [0.4, 0.5) is 0 Å². The third-order valence-corrected chi connectivity index (χ3v) is 4.09. The van der Waals surface area contributed by atoms with Crippen molar-refractivity contribution in [1.82, 2.24) is 10.6 Å². The second-order valence-corrected chi connectivity index (χ2v) is 7.24. The summed E-state index contributed by atoms with van der Waals surface area (Å²) in [6.45, 7) is 3.60. The van der Waals surface area contributed by atoms with E-state index in [2.05, 4.69) is 10.6 Å². The lowest BCUT2D eigenvalue weighted by atomic mass is 10.0. The van der Waals surface area contributed by atoms with Crippen molar-refractivity contribution in [2.75, 3.05) is 0 Å². The highest BCUT2D eigenvalue weighted by molar-refractivity contribution is 5.94. The van der Waals surface area contributed by atoms with E-state index in [4.69, 9.17) is 11.5 Å². The Bertz CT molecular complexity index is 735. The summed E-state index contributed by atoms with van der Waals surface area (Å²) < 4.78 is 0. The third kappa shape index (κ3) is 8.60. The fourth-order valence-corrected chi connectivity index (χ4v) is 2.63. The number of carboxylic acids is 1. The Hall–Kier alpha value is -3.14. The van der Waals surface area contributed by atoms with Gasteiger partial charge in [0, 0.05) is 0 Å². The molecule has 3 atom stereocenters. The maximum atomic E-state index is 12.5. The first kappa shape index (κ1) is 23.9. The van der Waals surface area contributed by atoms with Gasteiger partial charge in [0.1, 0.15) is 17.8 Å². The SMILES string of the molecule is CC(C)C[C@H](NC(=O)[C@@H](CC(N)=O)NC(=O)[C@@H](N)Cc1ccc(O)cc1)C(=O)O. The zero-order valence-electron chi connectivity index (χ0n) is 16.4. The molecule has 1 aromatic rings. The smallest absolute Gasteiger partial charge is 0.326 e. The summed E-state index contributed by atoms with van der Waals surface area (Å²) in [5.74, 6) is -3.52. The number of phenols is 1. The molecule has 0 unspecified atom stereocenters. The van der Waals surface area contributed by atoms with E-state index in [9.17, 15) is 29.4 Å². The summed E-state index contributed by atoms with van der Waals surface area (Å²) in [5, 5.41) is 23.2. The lowest BCUT2D eigenvalue weighted by Crippen LogP contribution is -2.55. The maximum Gasteiger partial charge on any atom is 0.326 e. The molecule has 8 N–H and O–H groups in total.